The summed E-state index contributed by atoms with van der Waals surface area (Å²) in [6.07, 6.45) is -0.205. The molecular weight excluding hydrogens is 312 g/mol. The number of ether oxygens (including phenoxy) is 1. The Morgan fingerprint density at radius 3 is 2.54 bits per heavy atom. The molecule has 2 aromatic heterocycles. The topological polar surface area (TPSA) is 47.9 Å². The Bertz CT molecular complexity index is 677. The number of pyridine rings is 1. The van der Waals surface area contributed by atoms with Crippen LogP contribution in [-0.2, 0) is 0 Å². The number of hydrogen-bond donors (Lipinski definition) is 0. The molecule has 2 rings (SSSR count). The first kappa shape index (κ1) is 18.2. The fraction of sp³-hybridized carbons (Fsp3) is 0.500. The molecule has 0 radical (unpaired) electrons. The van der Waals surface area contributed by atoms with E-state index in [-0.39, 0.29) is 11.4 Å². The third-order valence-corrected chi connectivity index (χ3v) is 3.56. The van der Waals surface area contributed by atoms with Crippen molar-refractivity contribution >= 4 is 0 Å². The average Bonchev–Trinajstić information content (AvgIpc) is 2.52. The van der Waals surface area contributed by atoms with Crippen LogP contribution < -0.4 is 4.74 Å². The molecule has 0 aliphatic carbocycles. The molecule has 130 valence electrons. The van der Waals surface area contributed by atoms with Gasteiger partial charge in [-0.15, -0.1) is 0 Å². The van der Waals surface area contributed by atoms with E-state index in [9.17, 15) is 8.78 Å². The molecule has 0 N–H and O–H groups in total. The average molecular weight is 335 g/mol. The van der Waals surface area contributed by atoms with Gasteiger partial charge in [0.2, 0.25) is 0 Å². The molecule has 0 fully saturated rings. The lowest BCUT2D eigenvalue weighted by Gasteiger charge is -2.17. The van der Waals surface area contributed by atoms with Gasteiger partial charge in [-0.25, -0.2) is 13.8 Å². The van der Waals surface area contributed by atoms with E-state index in [4.69, 9.17) is 4.74 Å². The zero-order chi connectivity index (χ0) is 17.7. The van der Waals surface area contributed by atoms with Crippen LogP contribution in [0.5, 0.6) is 5.75 Å². The minimum absolute atomic E-state index is 0.142. The maximum Gasteiger partial charge on any atom is 0.284 e. The van der Waals surface area contributed by atoms with Gasteiger partial charge in [0.1, 0.15) is 11.4 Å². The van der Waals surface area contributed by atoms with Gasteiger partial charge in [-0.3, -0.25) is 0 Å². The van der Waals surface area contributed by atoms with Gasteiger partial charge in [-0.1, -0.05) is 20.8 Å². The summed E-state index contributed by atoms with van der Waals surface area (Å²) in [7, 11) is 0. The highest BCUT2D eigenvalue weighted by atomic mass is 19.3. The van der Waals surface area contributed by atoms with E-state index in [1.54, 1.807) is 25.1 Å². The summed E-state index contributed by atoms with van der Waals surface area (Å²) in [6, 6.07) is 4.99. The summed E-state index contributed by atoms with van der Waals surface area (Å²) in [5.74, 6) is 0.978. The van der Waals surface area contributed by atoms with Gasteiger partial charge >= 0.3 is 0 Å². The highest BCUT2D eigenvalue weighted by Gasteiger charge is 2.19. The first-order valence-electron chi connectivity index (χ1n) is 8.08. The molecule has 0 bridgehead atoms. The molecule has 0 unspecified atom stereocenters. The summed E-state index contributed by atoms with van der Waals surface area (Å²) in [5.41, 5.74) is 1.46. The molecule has 4 nitrogen and oxygen atoms in total. The highest BCUT2D eigenvalue weighted by molar-refractivity contribution is 5.59. The van der Waals surface area contributed by atoms with Gasteiger partial charge in [-0.2, -0.15) is 10.2 Å². The number of halogens is 2. The number of nitrogens with zero attached hydrogens (tertiary/aromatic N) is 3. The molecular formula is C18H23F2N3O. The Kier molecular flexibility index (Phi) is 6.17. The Balaban J connectivity index is 2.21. The highest BCUT2D eigenvalue weighted by Crippen LogP contribution is 2.30. The SMILES string of the molecule is Cc1cc(-c2ccc(OC[C@@H](C)CC(C)C)c(C(F)F)n2)cnn1. The smallest absolute Gasteiger partial charge is 0.284 e. The van der Waals surface area contributed by atoms with Crippen molar-refractivity contribution in [2.24, 2.45) is 11.8 Å². The Labute approximate surface area is 141 Å². The van der Waals surface area contributed by atoms with Crippen LogP contribution in [-0.4, -0.2) is 21.8 Å². The molecule has 24 heavy (non-hydrogen) atoms. The molecule has 0 aliphatic rings. The summed E-state index contributed by atoms with van der Waals surface area (Å²) in [6.45, 7) is 8.49. The second kappa shape index (κ2) is 8.13. The Hall–Kier alpha value is -2.11. The molecule has 0 amide bonds. The fourth-order valence-electron chi connectivity index (χ4n) is 2.62. The lowest BCUT2D eigenvalue weighted by molar-refractivity contribution is 0.137. The van der Waals surface area contributed by atoms with E-state index in [0.717, 1.165) is 6.42 Å². The zero-order valence-electron chi connectivity index (χ0n) is 14.5. The van der Waals surface area contributed by atoms with Crippen LogP contribution in [0.2, 0.25) is 0 Å². The quantitative estimate of drug-likeness (QED) is 0.726. The second-order valence-electron chi connectivity index (χ2n) is 6.51. The molecule has 0 saturated carbocycles. The minimum atomic E-state index is -2.70. The van der Waals surface area contributed by atoms with Crippen molar-refractivity contribution in [3.63, 3.8) is 0 Å². The number of aromatic nitrogens is 3. The van der Waals surface area contributed by atoms with Gasteiger partial charge in [0, 0.05) is 5.56 Å². The van der Waals surface area contributed by atoms with Crippen LogP contribution in [0.15, 0.2) is 24.4 Å². The number of hydrogen-bond acceptors (Lipinski definition) is 4. The molecule has 6 heteroatoms. The predicted molar refractivity (Wildman–Crippen MR) is 89.1 cm³/mol. The molecule has 0 aromatic carbocycles. The van der Waals surface area contributed by atoms with E-state index in [1.165, 1.54) is 6.20 Å². The van der Waals surface area contributed by atoms with Crippen molar-refractivity contribution < 1.29 is 13.5 Å². The van der Waals surface area contributed by atoms with Gasteiger partial charge in [0.05, 0.1) is 24.2 Å². The van der Waals surface area contributed by atoms with Crippen LogP contribution in [0.3, 0.4) is 0 Å². The Morgan fingerprint density at radius 2 is 1.92 bits per heavy atom. The number of alkyl halides is 2. The fourth-order valence-corrected chi connectivity index (χ4v) is 2.62. The van der Waals surface area contributed by atoms with Crippen LogP contribution >= 0.6 is 0 Å². The summed E-state index contributed by atoms with van der Waals surface area (Å²) in [4.78, 5) is 4.08. The standard InChI is InChI=1S/C18H23F2N3O/c1-11(2)7-12(3)10-24-16-6-5-15(22-17(16)18(19)20)14-8-13(4)23-21-9-14/h5-6,8-9,11-12,18H,7,10H2,1-4H3/t12-/m0/s1. The second-order valence-corrected chi connectivity index (χ2v) is 6.51. The molecule has 2 heterocycles. The molecule has 2 aromatic rings. The van der Waals surface area contributed by atoms with Crippen molar-refractivity contribution in [3.8, 4) is 17.0 Å². The molecule has 0 aliphatic heterocycles. The van der Waals surface area contributed by atoms with E-state index in [2.05, 4.69) is 36.0 Å². The third kappa shape index (κ3) is 4.94. The number of aryl methyl sites for hydroxylation is 1. The largest absolute Gasteiger partial charge is 0.491 e. The predicted octanol–water partition coefficient (Wildman–Crippen LogP) is 4.85. The molecule has 1 atom stereocenters. The molecule has 0 spiro atoms. The first-order valence-corrected chi connectivity index (χ1v) is 8.08. The van der Waals surface area contributed by atoms with E-state index in [0.29, 0.717) is 35.4 Å². The monoisotopic (exact) mass is 335 g/mol. The van der Waals surface area contributed by atoms with Crippen LogP contribution in [0.4, 0.5) is 8.78 Å². The van der Waals surface area contributed by atoms with Gasteiger partial charge in [0.15, 0.2) is 0 Å². The van der Waals surface area contributed by atoms with Gasteiger partial charge < -0.3 is 4.74 Å². The summed E-state index contributed by atoms with van der Waals surface area (Å²) >= 11 is 0. The Morgan fingerprint density at radius 1 is 1.17 bits per heavy atom. The normalized spacial score (nSPS) is 12.7. The van der Waals surface area contributed by atoms with Crippen LogP contribution in [0, 0.1) is 18.8 Å². The van der Waals surface area contributed by atoms with Crippen molar-refractivity contribution in [2.45, 2.75) is 40.5 Å². The lowest BCUT2D eigenvalue weighted by Crippen LogP contribution is -2.12. The summed E-state index contributed by atoms with van der Waals surface area (Å²) < 4.78 is 32.3. The lowest BCUT2D eigenvalue weighted by atomic mass is 10.00. The van der Waals surface area contributed by atoms with Crippen molar-refractivity contribution in [1.82, 2.24) is 15.2 Å². The van der Waals surface area contributed by atoms with Crippen molar-refractivity contribution in [3.05, 3.63) is 35.8 Å². The number of rotatable bonds is 7. The maximum atomic E-state index is 13.4. The van der Waals surface area contributed by atoms with Crippen LogP contribution in [0.1, 0.15) is 45.0 Å². The van der Waals surface area contributed by atoms with Crippen molar-refractivity contribution in [2.75, 3.05) is 6.61 Å². The van der Waals surface area contributed by atoms with Crippen LogP contribution in [0.25, 0.3) is 11.3 Å². The van der Waals surface area contributed by atoms with E-state index >= 15 is 0 Å². The summed E-state index contributed by atoms with van der Waals surface area (Å²) in [5, 5.41) is 7.70. The zero-order valence-corrected chi connectivity index (χ0v) is 14.5. The molecule has 0 saturated heterocycles. The first-order chi connectivity index (χ1) is 11.4. The van der Waals surface area contributed by atoms with Gasteiger partial charge in [0.25, 0.3) is 6.43 Å². The minimum Gasteiger partial charge on any atom is -0.491 e. The third-order valence-electron chi connectivity index (χ3n) is 3.56. The van der Waals surface area contributed by atoms with E-state index in [1.807, 2.05) is 0 Å². The maximum absolute atomic E-state index is 13.4. The van der Waals surface area contributed by atoms with Gasteiger partial charge in [-0.05, 0) is 43.4 Å². The van der Waals surface area contributed by atoms with Crippen molar-refractivity contribution in [1.29, 1.82) is 0 Å². The van der Waals surface area contributed by atoms with E-state index < -0.39 is 6.43 Å².